The van der Waals surface area contributed by atoms with Crippen molar-refractivity contribution in [2.45, 2.75) is 32.2 Å². The first-order valence-electron chi connectivity index (χ1n) is 6.54. The molecule has 0 aliphatic heterocycles. The van der Waals surface area contributed by atoms with Crippen LogP contribution < -0.4 is 0 Å². The summed E-state index contributed by atoms with van der Waals surface area (Å²) in [4.78, 5) is 11.3. The number of nitrogens with zero attached hydrogens (tertiary/aromatic N) is 4. The zero-order valence-corrected chi connectivity index (χ0v) is 12.9. The maximum atomic E-state index is 6.29. The van der Waals surface area contributed by atoms with E-state index in [-0.39, 0.29) is 11.4 Å². The Morgan fingerprint density at radius 2 is 2.05 bits per heavy atom. The van der Waals surface area contributed by atoms with Gasteiger partial charge in [0.2, 0.25) is 0 Å². The minimum absolute atomic E-state index is 0.127. The van der Waals surface area contributed by atoms with Crippen molar-refractivity contribution < 1.29 is 0 Å². The monoisotopic (exact) mass is 280 g/mol. The molecule has 0 N–H and O–H groups in total. The molecule has 0 radical (unpaired) electrons. The van der Waals surface area contributed by atoms with Crippen molar-refractivity contribution in [3.05, 3.63) is 23.7 Å². The minimum Gasteiger partial charge on any atom is -0.307 e. The summed E-state index contributed by atoms with van der Waals surface area (Å²) in [5, 5.41) is -0.127. The first kappa shape index (κ1) is 14.3. The Balaban J connectivity index is 2.62. The molecule has 0 saturated heterocycles. The predicted molar refractivity (Wildman–Crippen MR) is 79.8 cm³/mol. The molecule has 19 heavy (non-hydrogen) atoms. The van der Waals surface area contributed by atoms with E-state index in [0.29, 0.717) is 0 Å². The average molecular weight is 281 g/mol. The number of alkyl halides is 1. The fourth-order valence-corrected chi connectivity index (χ4v) is 2.61. The van der Waals surface area contributed by atoms with E-state index < -0.39 is 0 Å². The Morgan fingerprint density at radius 3 is 2.63 bits per heavy atom. The van der Waals surface area contributed by atoms with Gasteiger partial charge < -0.3 is 9.47 Å². The summed E-state index contributed by atoms with van der Waals surface area (Å²) >= 11 is 6.29. The highest BCUT2D eigenvalue weighted by Crippen LogP contribution is 2.28. The van der Waals surface area contributed by atoms with Crippen molar-refractivity contribution >= 4 is 22.8 Å². The van der Waals surface area contributed by atoms with Crippen LogP contribution in [0.4, 0.5) is 0 Å². The van der Waals surface area contributed by atoms with Crippen LogP contribution in [0.2, 0.25) is 0 Å². The zero-order valence-electron chi connectivity index (χ0n) is 12.2. The third-order valence-electron chi connectivity index (χ3n) is 3.23. The van der Waals surface area contributed by atoms with Crippen molar-refractivity contribution in [2.75, 3.05) is 20.6 Å². The summed E-state index contributed by atoms with van der Waals surface area (Å²) in [7, 11) is 4.14. The summed E-state index contributed by atoms with van der Waals surface area (Å²) < 4.78 is 2.17. The van der Waals surface area contributed by atoms with Crippen molar-refractivity contribution in [3.63, 3.8) is 0 Å². The van der Waals surface area contributed by atoms with E-state index in [1.807, 2.05) is 19.2 Å². The van der Waals surface area contributed by atoms with E-state index in [2.05, 4.69) is 42.4 Å². The van der Waals surface area contributed by atoms with Crippen molar-refractivity contribution in [3.8, 4) is 0 Å². The molecule has 0 aliphatic carbocycles. The lowest BCUT2D eigenvalue weighted by Crippen LogP contribution is -2.24. The molecule has 0 fully saturated rings. The molecule has 2 rings (SSSR count). The van der Waals surface area contributed by atoms with Crippen LogP contribution in [0.15, 0.2) is 12.3 Å². The standard InChI is InChI=1S/C14H21ClN4/c1-9-6-7-16-14-12(9)17-13(11(3)15)19(14)10(2)8-18(4)5/h6-7,10-11H,8H2,1-5H3. The molecule has 104 valence electrons. The molecular weight excluding hydrogens is 260 g/mol. The lowest BCUT2D eigenvalue weighted by Gasteiger charge is -2.21. The molecule has 4 nitrogen and oxygen atoms in total. The number of rotatable bonds is 4. The van der Waals surface area contributed by atoms with Gasteiger partial charge in [-0.3, -0.25) is 0 Å². The summed E-state index contributed by atoms with van der Waals surface area (Å²) in [5.74, 6) is 0.896. The number of fused-ring (bicyclic) bond motifs is 1. The molecule has 2 aromatic heterocycles. The molecule has 2 heterocycles. The largest absolute Gasteiger partial charge is 0.307 e. The lowest BCUT2D eigenvalue weighted by atomic mass is 10.2. The number of aromatic nitrogens is 3. The molecule has 2 aromatic rings. The van der Waals surface area contributed by atoms with Crippen molar-refractivity contribution in [2.24, 2.45) is 0 Å². The molecule has 0 aliphatic rings. The molecule has 0 amide bonds. The van der Waals surface area contributed by atoms with Gasteiger partial charge in [-0.2, -0.15) is 0 Å². The SMILES string of the molecule is Cc1ccnc2c1nc(C(C)Cl)n2C(C)CN(C)C. The van der Waals surface area contributed by atoms with Gasteiger partial charge in [-0.1, -0.05) is 0 Å². The second-order valence-corrected chi connectivity index (χ2v) is 6.02. The van der Waals surface area contributed by atoms with Gasteiger partial charge in [0, 0.05) is 18.8 Å². The molecule has 0 spiro atoms. The van der Waals surface area contributed by atoms with Crippen LogP contribution >= 0.6 is 11.6 Å². The third-order valence-corrected chi connectivity index (χ3v) is 3.43. The Morgan fingerprint density at radius 1 is 1.37 bits per heavy atom. The van der Waals surface area contributed by atoms with E-state index in [1.54, 1.807) is 0 Å². The van der Waals surface area contributed by atoms with Crippen molar-refractivity contribution in [1.82, 2.24) is 19.4 Å². The van der Waals surface area contributed by atoms with E-state index in [1.165, 1.54) is 0 Å². The summed E-state index contributed by atoms with van der Waals surface area (Å²) in [5.41, 5.74) is 3.02. The Kier molecular flexibility index (Phi) is 4.11. The van der Waals surface area contributed by atoms with Crippen LogP contribution in [-0.2, 0) is 0 Å². The van der Waals surface area contributed by atoms with E-state index in [4.69, 9.17) is 16.6 Å². The molecule has 0 bridgehead atoms. The second-order valence-electron chi connectivity index (χ2n) is 5.37. The average Bonchev–Trinajstić information content (AvgIpc) is 2.69. The van der Waals surface area contributed by atoms with Crippen LogP contribution in [-0.4, -0.2) is 40.1 Å². The van der Waals surface area contributed by atoms with Crippen LogP contribution in [0.3, 0.4) is 0 Å². The highest BCUT2D eigenvalue weighted by molar-refractivity contribution is 6.20. The number of likely N-dealkylation sites (N-methyl/N-ethyl adjacent to an activating group) is 1. The fourth-order valence-electron chi connectivity index (χ4n) is 2.45. The number of aryl methyl sites for hydroxylation is 1. The zero-order chi connectivity index (χ0) is 14.2. The first-order valence-corrected chi connectivity index (χ1v) is 6.97. The van der Waals surface area contributed by atoms with Gasteiger partial charge in [0.1, 0.15) is 11.3 Å². The quantitative estimate of drug-likeness (QED) is 0.807. The van der Waals surface area contributed by atoms with Crippen LogP contribution in [0.25, 0.3) is 11.2 Å². The Hall–Kier alpha value is -1.13. The topological polar surface area (TPSA) is 34.0 Å². The smallest absolute Gasteiger partial charge is 0.160 e. The first-order chi connectivity index (χ1) is 8.91. The molecule has 2 atom stereocenters. The molecule has 0 saturated carbocycles. The predicted octanol–water partition coefficient (Wildman–Crippen LogP) is 3.16. The number of imidazole rings is 1. The Bertz CT molecular complexity index is 574. The fraction of sp³-hybridized carbons (Fsp3) is 0.571. The maximum absolute atomic E-state index is 6.29. The van der Waals surface area contributed by atoms with E-state index >= 15 is 0 Å². The summed E-state index contributed by atoms with van der Waals surface area (Å²) in [6.07, 6.45) is 1.83. The van der Waals surface area contributed by atoms with Crippen LogP contribution in [0, 0.1) is 6.92 Å². The van der Waals surface area contributed by atoms with Gasteiger partial charge in [-0.25, -0.2) is 9.97 Å². The van der Waals surface area contributed by atoms with Crippen molar-refractivity contribution in [1.29, 1.82) is 0 Å². The van der Waals surface area contributed by atoms with Gasteiger partial charge in [0.15, 0.2) is 5.65 Å². The van der Waals surface area contributed by atoms with Gasteiger partial charge in [-0.05, 0) is 46.5 Å². The van der Waals surface area contributed by atoms with E-state index in [0.717, 1.165) is 29.1 Å². The van der Waals surface area contributed by atoms with Crippen LogP contribution in [0.1, 0.15) is 36.7 Å². The lowest BCUT2D eigenvalue weighted by molar-refractivity contribution is 0.336. The van der Waals surface area contributed by atoms with Gasteiger partial charge in [-0.15, -0.1) is 11.6 Å². The molecule has 0 aromatic carbocycles. The number of hydrogen-bond donors (Lipinski definition) is 0. The highest BCUT2D eigenvalue weighted by atomic mass is 35.5. The minimum atomic E-state index is -0.127. The summed E-state index contributed by atoms with van der Waals surface area (Å²) in [6.45, 7) is 7.11. The Labute approximate surface area is 119 Å². The number of pyridine rings is 1. The summed E-state index contributed by atoms with van der Waals surface area (Å²) in [6, 6.07) is 2.27. The van der Waals surface area contributed by atoms with Gasteiger partial charge in [0.25, 0.3) is 0 Å². The van der Waals surface area contributed by atoms with Gasteiger partial charge in [0.05, 0.1) is 5.38 Å². The second kappa shape index (κ2) is 5.47. The highest BCUT2D eigenvalue weighted by Gasteiger charge is 2.21. The van der Waals surface area contributed by atoms with E-state index in [9.17, 15) is 0 Å². The molecule has 2 unspecified atom stereocenters. The molecular formula is C14H21ClN4. The molecule has 5 heteroatoms. The number of hydrogen-bond acceptors (Lipinski definition) is 3. The maximum Gasteiger partial charge on any atom is 0.160 e. The number of halogens is 1. The third kappa shape index (κ3) is 2.74. The van der Waals surface area contributed by atoms with Crippen LogP contribution in [0.5, 0.6) is 0 Å². The normalized spacial score (nSPS) is 15.1. The van der Waals surface area contributed by atoms with Gasteiger partial charge >= 0.3 is 0 Å².